The van der Waals surface area contributed by atoms with Gasteiger partial charge in [-0.25, -0.2) is 12.7 Å². The molecule has 21 heavy (non-hydrogen) atoms. The van der Waals surface area contributed by atoms with Crippen molar-refractivity contribution in [1.82, 2.24) is 4.31 Å². The molecule has 1 aromatic rings. The molecule has 0 aliphatic carbocycles. The van der Waals surface area contributed by atoms with E-state index >= 15 is 0 Å². The van der Waals surface area contributed by atoms with E-state index in [1.54, 1.807) is 31.3 Å². The molecular formula is C16H23NO3S. The van der Waals surface area contributed by atoms with E-state index in [1.807, 2.05) is 20.8 Å². The summed E-state index contributed by atoms with van der Waals surface area (Å²) in [4.78, 5) is 0.266. The van der Waals surface area contributed by atoms with Crippen molar-refractivity contribution in [1.29, 1.82) is 0 Å². The van der Waals surface area contributed by atoms with E-state index in [-0.39, 0.29) is 16.9 Å². The van der Waals surface area contributed by atoms with Crippen LogP contribution in [0.2, 0.25) is 0 Å². The van der Waals surface area contributed by atoms with Gasteiger partial charge in [-0.15, -0.1) is 0 Å². The summed E-state index contributed by atoms with van der Waals surface area (Å²) < 4.78 is 26.3. The molecule has 5 heteroatoms. The first-order chi connectivity index (χ1) is 9.66. The van der Waals surface area contributed by atoms with Crippen molar-refractivity contribution in [2.45, 2.75) is 32.1 Å². The Morgan fingerprint density at radius 2 is 1.76 bits per heavy atom. The van der Waals surface area contributed by atoms with Gasteiger partial charge < -0.3 is 5.11 Å². The largest absolute Gasteiger partial charge is 0.395 e. The molecule has 0 unspecified atom stereocenters. The third-order valence-electron chi connectivity index (χ3n) is 2.73. The van der Waals surface area contributed by atoms with Gasteiger partial charge in [0.25, 0.3) is 0 Å². The van der Waals surface area contributed by atoms with Gasteiger partial charge in [0.05, 0.1) is 11.5 Å². The Morgan fingerprint density at radius 1 is 1.19 bits per heavy atom. The zero-order chi connectivity index (χ0) is 16.1. The summed E-state index contributed by atoms with van der Waals surface area (Å²) in [5, 5.41) is 8.66. The van der Waals surface area contributed by atoms with E-state index in [2.05, 4.69) is 11.8 Å². The molecule has 116 valence electrons. The fourth-order valence-electron chi connectivity index (χ4n) is 1.86. The summed E-state index contributed by atoms with van der Waals surface area (Å²) >= 11 is 0. The van der Waals surface area contributed by atoms with Crippen molar-refractivity contribution in [3.63, 3.8) is 0 Å². The van der Waals surface area contributed by atoms with Gasteiger partial charge in [-0.1, -0.05) is 32.6 Å². The van der Waals surface area contributed by atoms with Gasteiger partial charge in [0, 0.05) is 25.6 Å². The number of aliphatic hydroxyl groups excluding tert-OH is 1. The highest BCUT2D eigenvalue weighted by Gasteiger charge is 2.24. The molecule has 0 fully saturated rings. The van der Waals surface area contributed by atoms with Crippen LogP contribution in [0.5, 0.6) is 0 Å². The van der Waals surface area contributed by atoms with E-state index in [1.165, 1.54) is 4.31 Å². The van der Waals surface area contributed by atoms with Gasteiger partial charge in [0.1, 0.15) is 0 Å². The summed E-state index contributed by atoms with van der Waals surface area (Å²) in [5.41, 5.74) is 0.637. The summed E-state index contributed by atoms with van der Waals surface area (Å²) in [6, 6.07) is 6.50. The number of hydrogen-bond acceptors (Lipinski definition) is 3. The molecule has 0 bridgehead atoms. The van der Waals surface area contributed by atoms with E-state index in [0.29, 0.717) is 13.0 Å². The predicted molar refractivity (Wildman–Crippen MR) is 84.3 cm³/mol. The van der Waals surface area contributed by atoms with Crippen molar-refractivity contribution in [3.8, 4) is 11.8 Å². The lowest BCUT2D eigenvalue weighted by atomic mass is 9.97. The molecule has 0 heterocycles. The maximum Gasteiger partial charge on any atom is 0.242 e. The lowest BCUT2D eigenvalue weighted by Gasteiger charge is -2.26. The van der Waals surface area contributed by atoms with Crippen molar-refractivity contribution < 1.29 is 13.5 Å². The topological polar surface area (TPSA) is 57.6 Å². The van der Waals surface area contributed by atoms with Crippen LogP contribution in [0.15, 0.2) is 29.2 Å². The van der Waals surface area contributed by atoms with Gasteiger partial charge in [-0.3, -0.25) is 0 Å². The molecule has 1 rings (SSSR count). The highest BCUT2D eigenvalue weighted by atomic mass is 32.2. The summed E-state index contributed by atoms with van der Waals surface area (Å²) in [7, 11) is -1.88. The van der Waals surface area contributed by atoms with Crippen LogP contribution in [0.3, 0.4) is 0 Å². The van der Waals surface area contributed by atoms with Gasteiger partial charge in [0.2, 0.25) is 10.0 Å². The maximum absolute atomic E-state index is 12.4. The number of hydrogen-bond donors (Lipinski definition) is 1. The van der Waals surface area contributed by atoms with E-state index in [4.69, 9.17) is 5.11 Å². The molecular weight excluding hydrogens is 286 g/mol. The molecule has 0 aliphatic rings. The predicted octanol–water partition coefficient (Wildman–Crippen LogP) is 2.09. The van der Waals surface area contributed by atoms with Crippen LogP contribution in [0.25, 0.3) is 0 Å². The van der Waals surface area contributed by atoms with Gasteiger partial charge in [-0.2, -0.15) is 0 Å². The fourth-order valence-corrected chi connectivity index (χ4v) is 3.26. The SMILES string of the molecule is CN(CC(C)(C)C)S(=O)(=O)c1ccc(C#CCCO)cc1. The first kappa shape index (κ1) is 17.7. The van der Waals surface area contributed by atoms with Crippen molar-refractivity contribution >= 4 is 10.0 Å². The second kappa shape index (κ2) is 7.08. The lowest BCUT2D eigenvalue weighted by molar-refractivity contribution is 0.305. The molecule has 0 saturated carbocycles. The summed E-state index contributed by atoms with van der Waals surface area (Å²) in [5.74, 6) is 5.68. The molecule has 1 N–H and O–H groups in total. The molecule has 0 aliphatic heterocycles. The minimum atomic E-state index is -3.47. The van der Waals surface area contributed by atoms with Crippen LogP contribution < -0.4 is 0 Å². The Balaban J connectivity index is 2.93. The molecule has 0 spiro atoms. The number of nitrogens with zero attached hydrogens (tertiary/aromatic N) is 1. The van der Waals surface area contributed by atoms with Gasteiger partial charge in [0.15, 0.2) is 0 Å². The molecule has 1 aromatic carbocycles. The zero-order valence-electron chi connectivity index (χ0n) is 13.0. The summed E-state index contributed by atoms with van der Waals surface area (Å²) in [6.45, 7) is 6.47. The van der Waals surface area contributed by atoms with Crippen LogP contribution in [0.4, 0.5) is 0 Å². The minimum absolute atomic E-state index is 0.0249. The average molecular weight is 309 g/mol. The molecule has 0 aromatic heterocycles. The van der Waals surface area contributed by atoms with E-state index < -0.39 is 10.0 Å². The zero-order valence-corrected chi connectivity index (χ0v) is 13.9. The Kier molecular flexibility index (Phi) is 5.97. The molecule has 0 saturated heterocycles. The molecule has 0 amide bonds. The Morgan fingerprint density at radius 3 is 2.24 bits per heavy atom. The standard InChI is InChI=1S/C16H23NO3S/c1-16(2,3)13-17(4)21(19,20)15-10-8-14(9-11-15)7-5-6-12-18/h8-11,18H,6,12-13H2,1-4H3. The number of rotatable bonds is 4. The van der Waals surface area contributed by atoms with Crippen molar-refractivity contribution in [2.24, 2.45) is 5.41 Å². The molecule has 0 radical (unpaired) electrons. The molecule has 4 nitrogen and oxygen atoms in total. The van der Waals surface area contributed by atoms with Gasteiger partial charge >= 0.3 is 0 Å². The normalized spacial score (nSPS) is 12.1. The van der Waals surface area contributed by atoms with Crippen LogP contribution in [0.1, 0.15) is 32.8 Å². The number of aliphatic hydroxyl groups is 1. The second-order valence-electron chi connectivity index (χ2n) is 6.12. The van der Waals surface area contributed by atoms with E-state index in [0.717, 1.165) is 5.56 Å². The second-order valence-corrected chi connectivity index (χ2v) is 8.17. The van der Waals surface area contributed by atoms with Crippen molar-refractivity contribution in [2.75, 3.05) is 20.2 Å². The third kappa shape index (κ3) is 5.50. The smallest absolute Gasteiger partial charge is 0.242 e. The van der Waals surface area contributed by atoms with Crippen LogP contribution in [-0.4, -0.2) is 38.0 Å². The Labute approximate surface area is 127 Å². The van der Waals surface area contributed by atoms with Crippen LogP contribution in [-0.2, 0) is 10.0 Å². The lowest BCUT2D eigenvalue weighted by Crippen LogP contribution is -2.34. The Hall–Kier alpha value is -1.35. The minimum Gasteiger partial charge on any atom is -0.395 e. The quantitative estimate of drug-likeness (QED) is 0.867. The highest BCUT2D eigenvalue weighted by molar-refractivity contribution is 7.89. The number of benzene rings is 1. The first-order valence-electron chi connectivity index (χ1n) is 6.83. The fraction of sp³-hybridized carbons (Fsp3) is 0.500. The highest BCUT2D eigenvalue weighted by Crippen LogP contribution is 2.21. The monoisotopic (exact) mass is 309 g/mol. The van der Waals surface area contributed by atoms with Crippen LogP contribution >= 0.6 is 0 Å². The third-order valence-corrected chi connectivity index (χ3v) is 4.55. The van der Waals surface area contributed by atoms with Crippen LogP contribution in [0, 0.1) is 17.3 Å². The molecule has 0 atom stereocenters. The Bertz CT molecular complexity index is 616. The van der Waals surface area contributed by atoms with Crippen molar-refractivity contribution in [3.05, 3.63) is 29.8 Å². The maximum atomic E-state index is 12.4. The first-order valence-corrected chi connectivity index (χ1v) is 8.27. The van der Waals surface area contributed by atoms with E-state index in [9.17, 15) is 8.42 Å². The average Bonchev–Trinajstić information content (AvgIpc) is 2.37. The van der Waals surface area contributed by atoms with Gasteiger partial charge in [-0.05, 0) is 29.7 Å². The summed E-state index contributed by atoms with van der Waals surface area (Å²) in [6.07, 6.45) is 0.411. The number of sulfonamides is 1.